The zero-order chi connectivity index (χ0) is 21.5. The fourth-order valence-corrected chi connectivity index (χ4v) is 5.71. The molecule has 32 heavy (non-hydrogen) atoms. The molecule has 0 N–H and O–H groups in total. The zero-order valence-electron chi connectivity index (χ0n) is 17.9. The molecule has 6 aromatic rings. The quantitative estimate of drug-likeness (QED) is 0.261. The van der Waals surface area contributed by atoms with E-state index in [1.165, 1.54) is 59.0 Å². The number of rotatable bonds is 3. The summed E-state index contributed by atoms with van der Waals surface area (Å²) < 4.78 is 2.69. The monoisotopic (exact) mass is 424 g/mol. The predicted molar refractivity (Wildman–Crippen MR) is 144 cm³/mol. The Hall–Kier alpha value is -3.62. The molecule has 0 aliphatic rings. The van der Waals surface area contributed by atoms with Gasteiger partial charge in [-0.1, -0.05) is 96.5 Å². The second-order valence-electron chi connectivity index (χ2n) is 8.32. The lowest BCUT2D eigenvalue weighted by Crippen LogP contribution is -2.00. The Morgan fingerprint density at radius 1 is 0.469 bits per heavy atom. The molecule has 6 rings (SSSR count). The van der Waals surface area contributed by atoms with Gasteiger partial charge in [0.2, 0.25) is 0 Å². The largest absolute Gasteiger partial charge is 0.139 e. The molecule has 2 heteroatoms. The van der Waals surface area contributed by atoms with Crippen molar-refractivity contribution in [1.29, 1.82) is 0 Å². The summed E-state index contributed by atoms with van der Waals surface area (Å²) in [5.74, 6) is 0. The molecule has 0 aliphatic carbocycles. The Labute approximate surface area is 193 Å². The minimum Gasteiger partial charge on any atom is -0.135 e. The molecule has 150 valence electrons. The SMILES string of the molecule is Bc1cccc(-c2cc(-c3ccccc3)cc3c2sc2ccc(-c4ccccc4)cc23)c1. The number of fused-ring (bicyclic) bond motifs is 3. The Kier molecular flexibility index (Phi) is 4.67. The lowest BCUT2D eigenvalue weighted by atomic mass is 9.90. The summed E-state index contributed by atoms with van der Waals surface area (Å²) >= 11 is 1.90. The topological polar surface area (TPSA) is 0 Å². The van der Waals surface area contributed by atoms with Crippen LogP contribution in [0.5, 0.6) is 0 Å². The Morgan fingerprint density at radius 2 is 1.12 bits per heavy atom. The van der Waals surface area contributed by atoms with Gasteiger partial charge in [0.05, 0.1) is 0 Å². The van der Waals surface area contributed by atoms with Gasteiger partial charge in [0.15, 0.2) is 0 Å². The van der Waals surface area contributed by atoms with E-state index in [1.807, 2.05) is 11.3 Å². The normalized spacial score (nSPS) is 11.2. The Morgan fingerprint density at radius 3 is 1.84 bits per heavy atom. The van der Waals surface area contributed by atoms with Crippen LogP contribution in [0.2, 0.25) is 0 Å². The smallest absolute Gasteiger partial charge is 0.135 e. The van der Waals surface area contributed by atoms with Gasteiger partial charge in [0.25, 0.3) is 0 Å². The summed E-state index contributed by atoms with van der Waals surface area (Å²) in [5.41, 5.74) is 8.91. The van der Waals surface area contributed by atoms with Crippen molar-refractivity contribution in [2.45, 2.75) is 0 Å². The van der Waals surface area contributed by atoms with E-state index in [-0.39, 0.29) is 0 Å². The highest BCUT2D eigenvalue weighted by atomic mass is 32.1. The van der Waals surface area contributed by atoms with Crippen molar-refractivity contribution < 1.29 is 0 Å². The van der Waals surface area contributed by atoms with Crippen molar-refractivity contribution in [2.24, 2.45) is 0 Å². The standard InChI is InChI=1S/C30H21BS/c31-25-13-7-12-23(16-25)26-18-24(21-10-5-2-6-11-21)19-28-27-17-22(20-8-3-1-4-9-20)14-15-29(27)32-30(26)28/h1-19H,31H2. The maximum atomic E-state index is 2.37. The molecule has 0 radical (unpaired) electrons. The molecule has 0 spiro atoms. The minimum absolute atomic E-state index is 1.25. The van der Waals surface area contributed by atoms with Crippen LogP contribution >= 0.6 is 11.3 Å². The average molecular weight is 424 g/mol. The van der Waals surface area contributed by atoms with Crippen molar-refractivity contribution in [3.8, 4) is 33.4 Å². The van der Waals surface area contributed by atoms with Crippen molar-refractivity contribution >= 4 is 44.8 Å². The number of thiophene rings is 1. The molecule has 0 unspecified atom stereocenters. The first-order chi connectivity index (χ1) is 15.8. The first kappa shape index (κ1) is 19.1. The van der Waals surface area contributed by atoms with Crippen LogP contribution in [0.25, 0.3) is 53.6 Å². The van der Waals surface area contributed by atoms with Crippen LogP contribution in [-0.4, -0.2) is 7.85 Å². The number of hydrogen-bond donors (Lipinski definition) is 0. The first-order valence-corrected chi connectivity index (χ1v) is 11.8. The van der Waals surface area contributed by atoms with Gasteiger partial charge >= 0.3 is 0 Å². The molecule has 1 heterocycles. The second-order valence-corrected chi connectivity index (χ2v) is 9.37. The van der Waals surface area contributed by atoms with Gasteiger partial charge in [-0.25, -0.2) is 0 Å². The van der Waals surface area contributed by atoms with Crippen molar-refractivity contribution in [3.63, 3.8) is 0 Å². The lowest BCUT2D eigenvalue weighted by Gasteiger charge is -2.10. The third-order valence-electron chi connectivity index (χ3n) is 6.11. The Balaban J connectivity index is 1.67. The summed E-state index contributed by atoms with van der Waals surface area (Å²) in [5, 5.41) is 2.67. The van der Waals surface area contributed by atoms with Gasteiger partial charge in [-0.3, -0.25) is 0 Å². The molecule has 0 atom stereocenters. The fourth-order valence-electron chi connectivity index (χ4n) is 4.51. The minimum atomic E-state index is 1.25. The molecule has 0 aliphatic heterocycles. The van der Waals surface area contributed by atoms with E-state index in [4.69, 9.17) is 0 Å². The maximum Gasteiger partial charge on any atom is 0.139 e. The molecule has 5 aromatic carbocycles. The number of hydrogen-bond acceptors (Lipinski definition) is 1. The molecule has 1 aromatic heterocycles. The molecule has 0 nitrogen and oxygen atoms in total. The summed E-state index contributed by atoms with van der Waals surface area (Å²) in [4.78, 5) is 0. The zero-order valence-corrected chi connectivity index (χ0v) is 18.7. The third-order valence-corrected chi connectivity index (χ3v) is 7.33. The highest BCUT2D eigenvalue weighted by Crippen LogP contribution is 2.43. The van der Waals surface area contributed by atoms with Gasteiger partial charge in [0.1, 0.15) is 7.85 Å². The molecule has 0 bridgehead atoms. The average Bonchev–Trinajstić information content (AvgIpc) is 3.22. The van der Waals surface area contributed by atoms with Gasteiger partial charge in [0, 0.05) is 25.7 Å². The van der Waals surface area contributed by atoms with Crippen LogP contribution < -0.4 is 5.46 Å². The third kappa shape index (κ3) is 3.34. The van der Waals surface area contributed by atoms with E-state index in [0.717, 1.165) is 0 Å². The Bertz CT molecular complexity index is 1560. The molecular weight excluding hydrogens is 403 g/mol. The van der Waals surface area contributed by atoms with E-state index < -0.39 is 0 Å². The van der Waals surface area contributed by atoms with E-state index in [1.54, 1.807) is 0 Å². The van der Waals surface area contributed by atoms with E-state index in [9.17, 15) is 0 Å². The second kappa shape index (κ2) is 7.82. The van der Waals surface area contributed by atoms with Gasteiger partial charge in [-0.15, -0.1) is 11.3 Å². The van der Waals surface area contributed by atoms with Crippen molar-refractivity contribution in [1.82, 2.24) is 0 Å². The van der Waals surface area contributed by atoms with Gasteiger partial charge in [-0.05, 0) is 52.1 Å². The lowest BCUT2D eigenvalue weighted by molar-refractivity contribution is 1.64. The van der Waals surface area contributed by atoms with Crippen LogP contribution in [-0.2, 0) is 0 Å². The van der Waals surface area contributed by atoms with Crippen LogP contribution in [0.15, 0.2) is 115 Å². The van der Waals surface area contributed by atoms with Crippen molar-refractivity contribution in [3.05, 3.63) is 115 Å². The van der Waals surface area contributed by atoms with Crippen LogP contribution in [0.1, 0.15) is 0 Å². The number of benzene rings is 5. The van der Waals surface area contributed by atoms with E-state index in [0.29, 0.717) is 0 Å². The van der Waals surface area contributed by atoms with Gasteiger partial charge in [-0.2, -0.15) is 0 Å². The predicted octanol–water partition coefficient (Wildman–Crippen LogP) is 7.31. The highest BCUT2D eigenvalue weighted by Gasteiger charge is 2.14. The molecule has 0 saturated carbocycles. The molecule has 0 amide bonds. The van der Waals surface area contributed by atoms with Crippen LogP contribution in [0.4, 0.5) is 0 Å². The molecule has 0 saturated heterocycles. The highest BCUT2D eigenvalue weighted by molar-refractivity contribution is 7.26. The summed E-state index contributed by atoms with van der Waals surface area (Å²) in [7, 11) is 2.17. The first-order valence-electron chi connectivity index (χ1n) is 10.9. The van der Waals surface area contributed by atoms with Crippen LogP contribution in [0, 0.1) is 0 Å². The summed E-state index contributed by atoms with van der Waals surface area (Å²) in [6, 6.07) is 41.8. The van der Waals surface area contributed by atoms with Crippen LogP contribution in [0.3, 0.4) is 0 Å². The van der Waals surface area contributed by atoms with E-state index >= 15 is 0 Å². The van der Waals surface area contributed by atoms with E-state index in [2.05, 4.69) is 123 Å². The van der Waals surface area contributed by atoms with Crippen molar-refractivity contribution in [2.75, 3.05) is 0 Å². The molecule has 0 fully saturated rings. The summed E-state index contributed by atoms with van der Waals surface area (Å²) in [6.45, 7) is 0. The summed E-state index contributed by atoms with van der Waals surface area (Å²) in [6.07, 6.45) is 0. The van der Waals surface area contributed by atoms with Gasteiger partial charge < -0.3 is 0 Å². The molecular formula is C30H21BS. The fraction of sp³-hybridized carbons (Fsp3) is 0. The maximum absolute atomic E-state index is 2.37.